The standard InChI is InChI=1S/C18H12BrNO4/c19-12-8-6-11(7-9-12)10-14-16(21)15(18(22)23)17(24-14)20-13-4-2-1-3-5-13/h1-10,20H,(H,22,23)/p-1/b14-10-. The number of halogens is 1. The Labute approximate surface area is 146 Å². The second-order valence-corrected chi connectivity index (χ2v) is 5.89. The molecule has 0 bridgehead atoms. The first-order valence-corrected chi connectivity index (χ1v) is 7.81. The third-order valence-electron chi connectivity index (χ3n) is 3.29. The van der Waals surface area contributed by atoms with Crippen molar-refractivity contribution < 1.29 is 19.4 Å². The van der Waals surface area contributed by atoms with Gasteiger partial charge < -0.3 is 20.0 Å². The number of benzene rings is 2. The Morgan fingerprint density at radius 3 is 2.38 bits per heavy atom. The van der Waals surface area contributed by atoms with E-state index >= 15 is 0 Å². The van der Waals surface area contributed by atoms with Crippen LogP contribution in [0.2, 0.25) is 0 Å². The van der Waals surface area contributed by atoms with Crippen molar-refractivity contribution >= 4 is 39.4 Å². The molecule has 0 saturated heterocycles. The second kappa shape index (κ2) is 6.72. The number of ether oxygens (including phenoxy) is 1. The molecule has 1 aliphatic rings. The minimum Gasteiger partial charge on any atom is -0.544 e. The van der Waals surface area contributed by atoms with E-state index in [-0.39, 0.29) is 11.6 Å². The molecule has 0 fully saturated rings. The van der Waals surface area contributed by atoms with Crippen molar-refractivity contribution in [2.24, 2.45) is 0 Å². The fraction of sp³-hybridized carbons (Fsp3) is 0. The summed E-state index contributed by atoms with van der Waals surface area (Å²) in [4.78, 5) is 23.6. The Balaban J connectivity index is 1.91. The SMILES string of the molecule is O=C([O-])C1=C(Nc2ccccc2)O/C(=C\c2ccc(Br)cc2)C1=O. The van der Waals surface area contributed by atoms with E-state index in [0.29, 0.717) is 11.3 Å². The van der Waals surface area contributed by atoms with Crippen LogP contribution in [-0.4, -0.2) is 11.8 Å². The molecule has 0 aromatic heterocycles. The van der Waals surface area contributed by atoms with E-state index in [1.165, 1.54) is 6.08 Å². The first kappa shape index (κ1) is 16.0. The molecule has 1 aliphatic heterocycles. The molecule has 0 aliphatic carbocycles. The predicted octanol–water partition coefficient (Wildman–Crippen LogP) is 2.46. The molecule has 1 heterocycles. The molecule has 0 amide bonds. The maximum Gasteiger partial charge on any atom is 0.235 e. The van der Waals surface area contributed by atoms with E-state index in [9.17, 15) is 14.7 Å². The highest BCUT2D eigenvalue weighted by molar-refractivity contribution is 9.10. The molecule has 6 heteroatoms. The molecule has 0 spiro atoms. The summed E-state index contributed by atoms with van der Waals surface area (Å²) in [6, 6.07) is 16.0. The van der Waals surface area contributed by atoms with Crippen LogP contribution in [0.1, 0.15) is 5.56 Å². The van der Waals surface area contributed by atoms with Crippen molar-refractivity contribution in [2.45, 2.75) is 0 Å². The molecule has 0 unspecified atom stereocenters. The Morgan fingerprint density at radius 1 is 1.08 bits per heavy atom. The molecule has 0 saturated carbocycles. The number of Topliss-reactive ketones (excluding diaryl/α,β-unsaturated/α-hetero) is 1. The zero-order valence-electron chi connectivity index (χ0n) is 12.3. The first-order valence-electron chi connectivity index (χ1n) is 7.02. The summed E-state index contributed by atoms with van der Waals surface area (Å²) < 4.78 is 6.33. The van der Waals surface area contributed by atoms with Gasteiger partial charge in [0.2, 0.25) is 11.7 Å². The van der Waals surface area contributed by atoms with E-state index in [2.05, 4.69) is 21.2 Å². The number of hydrogen-bond donors (Lipinski definition) is 1. The highest BCUT2D eigenvalue weighted by Gasteiger charge is 2.31. The van der Waals surface area contributed by atoms with E-state index in [1.807, 2.05) is 18.2 Å². The third kappa shape index (κ3) is 3.38. The van der Waals surface area contributed by atoms with E-state index in [1.54, 1.807) is 36.4 Å². The van der Waals surface area contributed by atoms with Gasteiger partial charge in [-0.3, -0.25) is 4.79 Å². The Kier molecular flexibility index (Phi) is 4.48. The fourth-order valence-corrected chi connectivity index (χ4v) is 2.43. The number of ketones is 1. The number of hydrogen-bond acceptors (Lipinski definition) is 5. The maximum atomic E-state index is 12.3. The number of anilines is 1. The van der Waals surface area contributed by atoms with Crippen molar-refractivity contribution in [1.29, 1.82) is 0 Å². The van der Waals surface area contributed by atoms with Crippen molar-refractivity contribution in [3.8, 4) is 0 Å². The highest BCUT2D eigenvalue weighted by Crippen LogP contribution is 2.27. The number of para-hydroxylation sites is 1. The number of rotatable bonds is 4. The molecule has 2 aromatic carbocycles. The normalized spacial score (nSPS) is 15.5. The average Bonchev–Trinajstić information content (AvgIpc) is 2.86. The number of carboxylic acids is 1. The Morgan fingerprint density at radius 2 is 1.75 bits per heavy atom. The zero-order chi connectivity index (χ0) is 17.1. The monoisotopic (exact) mass is 384 g/mol. The smallest absolute Gasteiger partial charge is 0.235 e. The van der Waals surface area contributed by atoms with Gasteiger partial charge in [-0.05, 0) is 35.9 Å². The van der Waals surface area contributed by atoms with Gasteiger partial charge >= 0.3 is 0 Å². The molecule has 5 nitrogen and oxygen atoms in total. The lowest BCUT2D eigenvalue weighted by Crippen LogP contribution is -2.28. The summed E-state index contributed by atoms with van der Waals surface area (Å²) in [5, 5.41) is 14.1. The fourth-order valence-electron chi connectivity index (χ4n) is 2.17. The molecule has 2 aromatic rings. The Hall–Kier alpha value is -2.86. The molecular weight excluding hydrogens is 374 g/mol. The maximum absolute atomic E-state index is 12.3. The molecule has 120 valence electrons. The van der Waals surface area contributed by atoms with Gasteiger partial charge in [-0.1, -0.05) is 46.3 Å². The van der Waals surface area contributed by atoms with Gasteiger partial charge in [-0.25, -0.2) is 0 Å². The quantitative estimate of drug-likeness (QED) is 0.646. The van der Waals surface area contributed by atoms with Crippen LogP contribution in [0, 0.1) is 0 Å². The lowest BCUT2D eigenvalue weighted by atomic mass is 10.1. The summed E-state index contributed by atoms with van der Waals surface area (Å²) in [7, 11) is 0. The summed E-state index contributed by atoms with van der Waals surface area (Å²) in [6.45, 7) is 0. The van der Waals surface area contributed by atoms with Gasteiger partial charge in [0, 0.05) is 10.2 Å². The summed E-state index contributed by atoms with van der Waals surface area (Å²) in [5.41, 5.74) is 0.784. The lowest BCUT2D eigenvalue weighted by molar-refractivity contribution is -0.298. The van der Waals surface area contributed by atoms with Crippen LogP contribution in [0.25, 0.3) is 6.08 Å². The van der Waals surface area contributed by atoms with Gasteiger partial charge in [0.05, 0.1) is 5.97 Å². The van der Waals surface area contributed by atoms with Gasteiger partial charge in [0.15, 0.2) is 5.76 Å². The van der Waals surface area contributed by atoms with Crippen LogP contribution in [0.15, 0.2) is 76.3 Å². The van der Waals surface area contributed by atoms with Gasteiger partial charge in [-0.15, -0.1) is 0 Å². The van der Waals surface area contributed by atoms with Crippen molar-refractivity contribution in [3.05, 3.63) is 81.8 Å². The number of carbonyl (C=O) groups excluding carboxylic acids is 2. The van der Waals surface area contributed by atoms with E-state index in [0.717, 1.165) is 4.47 Å². The van der Waals surface area contributed by atoms with E-state index in [4.69, 9.17) is 4.74 Å². The van der Waals surface area contributed by atoms with Crippen LogP contribution in [0.3, 0.4) is 0 Å². The molecule has 24 heavy (non-hydrogen) atoms. The molecule has 3 rings (SSSR count). The van der Waals surface area contributed by atoms with Gasteiger partial charge in [-0.2, -0.15) is 0 Å². The summed E-state index contributed by atoms with van der Waals surface area (Å²) in [6.07, 6.45) is 1.48. The van der Waals surface area contributed by atoms with Crippen LogP contribution in [0.4, 0.5) is 5.69 Å². The van der Waals surface area contributed by atoms with Gasteiger partial charge in [0.25, 0.3) is 0 Å². The number of carboxylic acid groups (broad SMARTS) is 1. The van der Waals surface area contributed by atoms with Crippen LogP contribution < -0.4 is 10.4 Å². The molecular formula is C18H11BrNO4-. The third-order valence-corrected chi connectivity index (χ3v) is 3.82. The minimum absolute atomic E-state index is 0.0741. The number of nitrogens with one attached hydrogen (secondary N) is 1. The lowest BCUT2D eigenvalue weighted by Gasteiger charge is -2.08. The average molecular weight is 385 g/mol. The van der Waals surface area contributed by atoms with Crippen LogP contribution >= 0.6 is 15.9 Å². The molecule has 1 N–H and O–H groups in total. The topological polar surface area (TPSA) is 78.5 Å². The van der Waals surface area contributed by atoms with Crippen LogP contribution in [0.5, 0.6) is 0 Å². The van der Waals surface area contributed by atoms with Crippen LogP contribution in [-0.2, 0) is 14.3 Å². The molecule has 0 radical (unpaired) electrons. The second-order valence-electron chi connectivity index (χ2n) is 4.97. The number of carbonyl (C=O) groups is 2. The number of allylic oxidation sites excluding steroid dienone is 1. The van der Waals surface area contributed by atoms with Crippen molar-refractivity contribution in [1.82, 2.24) is 0 Å². The van der Waals surface area contributed by atoms with Gasteiger partial charge in [0.1, 0.15) is 5.57 Å². The minimum atomic E-state index is -1.59. The number of aliphatic carboxylic acids is 1. The van der Waals surface area contributed by atoms with Crippen molar-refractivity contribution in [2.75, 3.05) is 5.32 Å². The summed E-state index contributed by atoms with van der Waals surface area (Å²) >= 11 is 3.32. The zero-order valence-corrected chi connectivity index (χ0v) is 13.9. The molecule has 0 atom stereocenters. The predicted molar refractivity (Wildman–Crippen MR) is 90.3 cm³/mol. The largest absolute Gasteiger partial charge is 0.544 e. The van der Waals surface area contributed by atoms with E-state index < -0.39 is 17.3 Å². The highest BCUT2D eigenvalue weighted by atomic mass is 79.9. The Bertz CT molecular complexity index is 854. The first-order chi connectivity index (χ1) is 11.5. The van der Waals surface area contributed by atoms with Crippen molar-refractivity contribution in [3.63, 3.8) is 0 Å². The summed E-state index contributed by atoms with van der Waals surface area (Å²) in [5.74, 6) is -2.53.